The zero-order valence-electron chi connectivity index (χ0n) is 25.7. The van der Waals surface area contributed by atoms with Crippen molar-refractivity contribution in [2.45, 2.75) is 58.2 Å². The molecule has 1 aliphatic heterocycles. The lowest BCUT2D eigenvalue weighted by molar-refractivity contribution is 0.0781. The Morgan fingerprint density at radius 3 is 2.55 bits per heavy atom. The van der Waals surface area contributed by atoms with Crippen LogP contribution in [0.5, 0.6) is 5.75 Å². The highest BCUT2D eigenvalue weighted by molar-refractivity contribution is 6.01. The number of aliphatic hydroxyl groups excluding tert-OH is 1. The zero-order valence-corrected chi connectivity index (χ0v) is 25.7. The summed E-state index contributed by atoms with van der Waals surface area (Å²) >= 11 is 0. The Morgan fingerprint density at radius 1 is 1.05 bits per heavy atom. The summed E-state index contributed by atoms with van der Waals surface area (Å²) in [6.07, 6.45) is 4.77. The first kappa shape index (κ1) is 29.8. The lowest BCUT2D eigenvalue weighted by Crippen LogP contribution is -2.35. The van der Waals surface area contributed by atoms with Gasteiger partial charge in [-0.05, 0) is 103 Å². The highest BCUT2D eigenvalue weighted by Gasteiger charge is 2.27. The predicted octanol–water partition coefficient (Wildman–Crippen LogP) is 6.55. The highest BCUT2D eigenvalue weighted by Crippen LogP contribution is 2.38. The molecule has 1 fully saturated rings. The molecule has 4 aromatic rings. The number of amides is 1. The third-order valence-electron chi connectivity index (χ3n) is 9.23. The van der Waals surface area contributed by atoms with E-state index in [1.54, 1.807) is 24.3 Å². The van der Waals surface area contributed by atoms with Crippen LogP contribution >= 0.6 is 0 Å². The lowest BCUT2D eigenvalue weighted by atomic mass is 9.90. The number of hydrogen-bond donors (Lipinski definition) is 3. The molecule has 8 heteroatoms. The molecule has 7 nitrogen and oxygen atoms in total. The minimum absolute atomic E-state index is 0.0280. The summed E-state index contributed by atoms with van der Waals surface area (Å²) in [5.74, 6) is 0.667. The molecule has 1 amide bonds. The summed E-state index contributed by atoms with van der Waals surface area (Å²) in [6.45, 7) is 5.09. The summed E-state index contributed by atoms with van der Waals surface area (Å²) in [5.41, 5.74) is 8.69. The molecule has 2 heterocycles. The monoisotopic (exact) mass is 594 g/mol. The third-order valence-corrected chi connectivity index (χ3v) is 9.23. The summed E-state index contributed by atoms with van der Waals surface area (Å²) in [7, 11) is 3.37. The molecule has 1 saturated carbocycles. The number of nitrogens with one attached hydrogen (secondary N) is 2. The molecule has 6 rings (SSSR count). The van der Waals surface area contributed by atoms with Gasteiger partial charge < -0.3 is 25.4 Å². The average Bonchev–Trinajstić information content (AvgIpc) is 3.43. The molecule has 0 unspecified atom stereocenters. The van der Waals surface area contributed by atoms with Crippen LogP contribution in [0.25, 0.3) is 22.3 Å². The Hall–Kier alpha value is -4.27. The molecule has 0 spiro atoms. The molecule has 1 aromatic heterocycles. The molecule has 44 heavy (non-hydrogen) atoms. The molecule has 228 valence electrons. The molecule has 0 radical (unpaired) electrons. The molecule has 2 atom stereocenters. The predicted molar refractivity (Wildman–Crippen MR) is 172 cm³/mol. The minimum atomic E-state index is -0.399. The van der Waals surface area contributed by atoms with Crippen molar-refractivity contribution < 1.29 is 19.0 Å². The fourth-order valence-electron chi connectivity index (χ4n) is 6.59. The van der Waals surface area contributed by atoms with E-state index in [9.17, 15) is 9.90 Å². The van der Waals surface area contributed by atoms with Crippen LogP contribution < -0.4 is 15.4 Å². The van der Waals surface area contributed by atoms with E-state index in [2.05, 4.69) is 41.6 Å². The topological polar surface area (TPSA) is 86.7 Å². The van der Waals surface area contributed by atoms with Crippen molar-refractivity contribution in [3.05, 3.63) is 94.4 Å². The van der Waals surface area contributed by atoms with Gasteiger partial charge in [0.05, 0.1) is 18.8 Å². The Bertz CT molecular complexity index is 1720. The fraction of sp³-hybridized carbons (Fsp3) is 0.333. The van der Waals surface area contributed by atoms with Gasteiger partial charge in [0.1, 0.15) is 17.4 Å². The number of halogens is 1. The summed E-state index contributed by atoms with van der Waals surface area (Å²) < 4.78 is 21.2. The maximum atomic E-state index is 15.6. The normalized spacial score (nSPS) is 18.0. The van der Waals surface area contributed by atoms with E-state index < -0.39 is 6.10 Å². The number of pyridine rings is 1. The zero-order chi connectivity index (χ0) is 31.0. The van der Waals surface area contributed by atoms with Gasteiger partial charge in [-0.15, -0.1) is 0 Å². The largest absolute Gasteiger partial charge is 0.496 e. The number of aromatic nitrogens is 1. The summed E-state index contributed by atoms with van der Waals surface area (Å²) in [5, 5.41) is 16.9. The number of ether oxygens (including phenoxy) is 1. The molecule has 0 saturated heterocycles. The van der Waals surface area contributed by atoms with Gasteiger partial charge in [-0.3, -0.25) is 4.79 Å². The summed E-state index contributed by atoms with van der Waals surface area (Å²) in [6, 6.07) is 17.5. The van der Waals surface area contributed by atoms with E-state index in [1.165, 1.54) is 0 Å². The average molecular weight is 595 g/mol. The van der Waals surface area contributed by atoms with E-state index in [1.807, 2.05) is 43.4 Å². The number of fused-ring (bicyclic) bond motifs is 1. The van der Waals surface area contributed by atoms with Crippen LogP contribution in [-0.4, -0.2) is 53.7 Å². The Kier molecular flexibility index (Phi) is 8.38. The van der Waals surface area contributed by atoms with Crippen molar-refractivity contribution in [2.75, 3.05) is 26.0 Å². The molecule has 1 aliphatic carbocycles. The van der Waals surface area contributed by atoms with Crippen molar-refractivity contribution in [1.82, 2.24) is 15.2 Å². The van der Waals surface area contributed by atoms with Gasteiger partial charge in [0.2, 0.25) is 0 Å². The molecule has 2 aliphatic rings. The van der Waals surface area contributed by atoms with Gasteiger partial charge in [0.25, 0.3) is 5.91 Å². The van der Waals surface area contributed by atoms with Crippen molar-refractivity contribution in [2.24, 2.45) is 0 Å². The van der Waals surface area contributed by atoms with Crippen LogP contribution in [0, 0.1) is 19.7 Å². The van der Waals surface area contributed by atoms with Crippen LogP contribution in [-0.2, 0) is 13.0 Å². The van der Waals surface area contributed by atoms with Crippen molar-refractivity contribution >= 4 is 17.4 Å². The number of rotatable bonds is 8. The molecular weight excluding hydrogens is 555 g/mol. The first-order valence-electron chi connectivity index (χ1n) is 15.2. The Labute approximate surface area is 258 Å². The molecular formula is C36H39FN4O3. The number of nitrogens with zero attached hydrogens (tertiary/aromatic N) is 2. The van der Waals surface area contributed by atoms with Gasteiger partial charge in [-0.25, -0.2) is 9.37 Å². The van der Waals surface area contributed by atoms with Crippen LogP contribution in [0.1, 0.15) is 51.9 Å². The van der Waals surface area contributed by atoms with Gasteiger partial charge in [-0.1, -0.05) is 30.3 Å². The Balaban J connectivity index is 1.32. The van der Waals surface area contributed by atoms with Crippen LogP contribution in [0.15, 0.2) is 60.8 Å². The van der Waals surface area contributed by atoms with Gasteiger partial charge in [0, 0.05) is 43.6 Å². The second-order valence-electron chi connectivity index (χ2n) is 11.9. The lowest BCUT2D eigenvalue weighted by Gasteiger charge is -2.26. The number of aliphatic hydroxyl groups is 1. The van der Waals surface area contributed by atoms with Crippen molar-refractivity contribution in [3.8, 4) is 28.0 Å². The molecule has 3 N–H and O–H groups in total. The number of carbonyl (C=O) groups is 1. The SMILES string of the molecule is COc1cc(-c2cccc(-c3cccc(Nc4nccc5c4C(=O)N(C)CC5)c3C)c2C)cc(F)c1CN[C@@H]1CCC[C@@H]1O. The number of anilines is 2. The second kappa shape index (κ2) is 12.4. The van der Waals surface area contributed by atoms with E-state index >= 15 is 4.39 Å². The standard InChI is InChI=1S/C36H39FN4O3/c1-21-25(24-18-29(37)28(33(19-24)44-4)20-39-31-12-7-13-32(31)42)8-5-9-26(21)27-10-6-11-30(22(27)2)40-35-34-23(14-16-38-35)15-17-41(3)36(34)43/h5-6,8-11,14,16,18-19,31-32,39,42H,7,12-13,15,17,20H2,1-4H3,(H,38,40)/t31-,32+/m1/s1. The quantitative estimate of drug-likeness (QED) is 0.214. The smallest absolute Gasteiger partial charge is 0.257 e. The highest BCUT2D eigenvalue weighted by atomic mass is 19.1. The second-order valence-corrected chi connectivity index (χ2v) is 11.9. The molecule has 3 aromatic carbocycles. The fourth-order valence-corrected chi connectivity index (χ4v) is 6.59. The van der Waals surface area contributed by atoms with E-state index in [-0.39, 0.29) is 24.3 Å². The van der Waals surface area contributed by atoms with Gasteiger partial charge in [-0.2, -0.15) is 0 Å². The van der Waals surface area contributed by atoms with Crippen molar-refractivity contribution in [3.63, 3.8) is 0 Å². The number of carbonyl (C=O) groups excluding carboxylic acids is 1. The first-order chi connectivity index (χ1) is 21.3. The Morgan fingerprint density at radius 2 is 1.80 bits per heavy atom. The number of likely N-dealkylation sites (N-methyl/N-ethyl adjacent to an activating group) is 1. The van der Waals surface area contributed by atoms with Gasteiger partial charge in [0.15, 0.2) is 0 Å². The summed E-state index contributed by atoms with van der Waals surface area (Å²) in [4.78, 5) is 19.3. The van der Waals surface area contributed by atoms with E-state index in [0.29, 0.717) is 29.2 Å². The van der Waals surface area contributed by atoms with E-state index in [4.69, 9.17) is 4.74 Å². The van der Waals surface area contributed by atoms with Crippen LogP contribution in [0.4, 0.5) is 15.9 Å². The molecule has 0 bridgehead atoms. The first-order valence-corrected chi connectivity index (χ1v) is 15.2. The van der Waals surface area contributed by atoms with Crippen LogP contribution in [0.2, 0.25) is 0 Å². The number of benzene rings is 3. The third kappa shape index (κ3) is 5.55. The van der Waals surface area contributed by atoms with Crippen LogP contribution in [0.3, 0.4) is 0 Å². The van der Waals surface area contributed by atoms with Crippen molar-refractivity contribution in [1.29, 1.82) is 0 Å². The minimum Gasteiger partial charge on any atom is -0.496 e. The number of methoxy groups -OCH3 is 1. The van der Waals surface area contributed by atoms with Gasteiger partial charge >= 0.3 is 0 Å². The maximum Gasteiger partial charge on any atom is 0.257 e. The van der Waals surface area contributed by atoms with E-state index in [0.717, 1.165) is 70.3 Å². The maximum absolute atomic E-state index is 15.6. The number of hydrogen-bond acceptors (Lipinski definition) is 6.